The van der Waals surface area contributed by atoms with Gasteiger partial charge in [0, 0.05) is 6.20 Å². The summed E-state index contributed by atoms with van der Waals surface area (Å²) in [6, 6.07) is 3.32. The van der Waals surface area contributed by atoms with E-state index in [1.807, 2.05) is 0 Å². The zero-order chi connectivity index (χ0) is 5.82. The van der Waals surface area contributed by atoms with E-state index in [-0.39, 0.29) is 5.82 Å². The van der Waals surface area contributed by atoms with E-state index in [0.717, 1.165) is 0 Å². The number of nitrogens with zero attached hydrogens (tertiary/aromatic N) is 3. The van der Waals surface area contributed by atoms with E-state index < -0.39 is 0 Å². The van der Waals surface area contributed by atoms with Crippen LogP contribution in [0.2, 0.25) is 0 Å². The second kappa shape index (κ2) is 2.03. The van der Waals surface area contributed by atoms with Crippen molar-refractivity contribution in [1.82, 2.24) is 9.97 Å². The number of hydrogen-bond donors (Lipinski definition) is 0. The van der Waals surface area contributed by atoms with Gasteiger partial charge in [0.2, 0.25) is 5.82 Å². The standard InChI is InChI=1S/C5H2N3/c6-4-5-7-2-1-3-8-5/h1-2H. The van der Waals surface area contributed by atoms with Crippen molar-refractivity contribution in [3.05, 3.63) is 24.3 Å². The molecule has 0 N–H and O–H groups in total. The summed E-state index contributed by atoms with van der Waals surface area (Å²) in [7, 11) is 0. The van der Waals surface area contributed by atoms with Crippen LogP contribution < -0.4 is 0 Å². The fraction of sp³-hybridized carbons (Fsp3) is 0. The molecule has 3 heteroatoms. The first-order valence-corrected chi connectivity index (χ1v) is 2.02. The molecule has 1 aromatic heterocycles. The molecule has 8 heavy (non-hydrogen) atoms. The molecule has 0 aliphatic rings. The van der Waals surface area contributed by atoms with Gasteiger partial charge in [0.05, 0.1) is 6.20 Å². The zero-order valence-electron chi connectivity index (χ0n) is 4.00. The van der Waals surface area contributed by atoms with E-state index >= 15 is 0 Å². The number of rotatable bonds is 0. The zero-order valence-corrected chi connectivity index (χ0v) is 4.00. The first kappa shape index (κ1) is 4.72. The molecular weight excluding hydrogens is 102 g/mol. The predicted octanol–water partition coefficient (Wildman–Crippen LogP) is 0.148. The Kier molecular flexibility index (Phi) is 1.20. The van der Waals surface area contributed by atoms with Gasteiger partial charge in [-0.3, -0.25) is 0 Å². The Labute approximate surface area is 46.6 Å². The molecule has 0 unspecified atom stereocenters. The summed E-state index contributed by atoms with van der Waals surface area (Å²) in [6.07, 6.45) is 3.95. The highest BCUT2D eigenvalue weighted by atomic mass is 14.8. The molecule has 0 bridgehead atoms. The van der Waals surface area contributed by atoms with Gasteiger partial charge >= 0.3 is 0 Å². The van der Waals surface area contributed by atoms with Crippen LogP contribution in [0.1, 0.15) is 5.82 Å². The molecule has 0 atom stereocenters. The average Bonchev–Trinajstić information content (AvgIpc) is 1.90. The molecule has 1 radical (unpaired) electrons. The fourth-order valence-corrected chi connectivity index (χ4v) is 0.322. The van der Waals surface area contributed by atoms with Gasteiger partial charge in [-0.15, -0.1) is 0 Å². The third kappa shape index (κ3) is 0.793. The molecule has 0 aliphatic heterocycles. The normalized spacial score (nSPS) is 7.88. The van der Waals surface area contributed by atoms with Gasteiger partial charge in [-0.25, -0.2) is 9.97 Å². The van der Waals surface area contributed by atoms with Gasteiger partial charge in [0.1, 0.15) is 6.07 Å². The van der Waals surface area contributed by atoms with Crippen molar-refractivity contribution in [1.29, 1.82) is 5.26 Å². The van der Waals surface area contributed by atoms with Gasteiger partial charge in [-0.05, 0) is 6.07 Å². The van der Waals surface area contributed by atoms with Crippen LogP contribution in [-0.2, 0) is 0 Å². The van der Waals surface area contributed by atoms with Gasteiger partial charge in [-0.1, -0.05) is 0 Å². The van der Waals surface area contributed by atoms with Crippen LogP contribution in [0.3, 0.4) is 0 Å². The predicted molar refractivity (Wildman–Crippen MR) is 25.6 cm³/mol. The van der Waals surface area contributed by atoms with Crippen LogP contribution in [-0.4, -0.2) is 9.97 Å². The Morgan fingerprint density at radius 2 is 2.62 bits per heavy atom. The minimum absolute atomic E-state index is 0.160. The maximum atomic E-state index is 8.14. The lowest BCUT2D eigenvalue weighted by Gasteiger charge is -1.78. The van der Waals surface area contributed by atoms with E-state index in [4.69, 9.17) is 5.26 Å². The lowest BCUT2D eigenvalue weighted by Crippen LogP contribution is -1.83. The molecule has 1 rings (SSSR count). The van der Waals surface area contributed by atoms with Gasteiger partial charge in [0.25, 0.3) is 0 Å². The Hall–Kier alpha value is -1.43. The molecule has 0 saturated carbocycles. The van der Waals surface area contributed by atoms with Crippen LogP contribution in [0.5, 0.6) is 0 Å². The second-order valence-electron chi connectivity index (χ2n) is 1.12. The molecule has 1 heterocycles. The van der Waals surface area contributed by atoms with Crippen LogP contribution in [0, 0.1) is 17.5 Å². The van der Waals surface area contributed by atoms with E-state index in [0.29, 0.717) is 0 Å². The minimum Gasteiger partial charge on any atom is -0.227 e. The smallest absolute Gasteiger partial charge is 0.227 e. The minimum atomic E-state index is 0.160. The summed E-state index contributed by atoms with van der Waals surface area (Å²) in [6.45, 7) is 0. The molecule has 0 aromatic carbocycles. The van der Waals surface area contributed by atoms with Crippen molar-refractivity contribution in [2.75, 3.05) is 0 Å². The SMILES string of the molecule is N#Cc1n[c]ccn1. The first-order valence-electron chi connectivity index (χ1n) is 2.02. The summed E-state index contributed by atoms with van der Waals surface area (Å²) >= 11 is 0. The molecule has 0 amide bonds. The maximum Gasteiger partial charge on any atom is 0.232 e. The number of hydrogen-bond acceptors (Lipinski definition) is 3. The van der Waals surface area contributed by atoms with Crippen LogP contribution >= 0.6 is 0 Å². The molecule has 0 aliphatic carbocycles. The molecule has 37 valence electrons. The number of aromatic nitrogens is 2. The summed E-state index contributed by atoms with van der Waals surface area (Å²) in [4.78, 5) is 7.09. The van der Waals surface area contributed by atoms with E-state index in [9.17, 15) is 0 Å². The summed E-state index contributed by atoms with van der Waals surface area (Å²) in [5.41, 5.74) is 0. The highest BCUT2D eigenvalue weighted by Gasteiger charge is 1.83. The molecule has 3 nitrogen and oxygen atoms in total. The Morgan fingerprint density at radius 3 is 3.00 bits per heavy atom. The van der Waals surface area contributed by atoms with Crippen LogP contribution in [0.4, 0.5) is 0 Å². The Morgan fingerprint density at radius 1 is 1.75 bits per heavy atom. The molecule has 0 fully saturated rings. The summed E-state index contributed by atoms with van der Waals surface area (Å²) < 4.78 is 0. The maximum absolute atomic E-state index is 8.14. The summed E-state index contributed by atoms with van der Waals surface area (Å²) in [5.74, 6) is 0.160. The van der Waals surface area contributed by atoms with Crippen LogP contribution in [0.15, 0.2) is 12.3 Å². The van der Waals surface area contributed by atoms with Crippen molar-refractivity contribution in [2.24, 2.45) is 0 Å². The Balaban J connectivity index is 3.05. The van der Waals surface area contributed by atoms with E-state index in [2.05, 4.69) is 16.2 Å². The second-order valence-corrected chi connectivity index (χ2v) is 1.12. The quantitative estimate of drug-likeness (QED) is 0.470. The first-order chi connectivity index (χ1) is 3.93. The highest BCUT2D eigenvalue weighted by Crippen LogP contribution is 1.79. The fourth-order valence-electron chi connectivity index (χ4n) is 0.322. The highest BCUT2D eigenvalue weighted by molar-refractivity contribution is 5.06. The van der Waals surface area contributed by atoms with Gasteiger partial charge in [-0.2, -0.15) is 5.26 Å². The monoisotopic (exact) mass is 104 g/mol. The van der Waals surface area contributed by atoms with Crippen molar-refractivity contribution in [3.63, 3.8) is 0 Å². The van der Waals surface area contributed by atoms with E-state index in [1.165, 1.54) is 6.20 Å². The lowest BCUT2D eigenvalue weighted by atomic mass is 10.6. The largest absolute Gasteiger partial charge is 0.232 e. The Bertz CT molecular complexity index is 199. The topological polar surface area (TPSA) is 49.6 Å². The van der Waals surface area contributed by atoms with Crippen molar-refractivity contribution >= 4 is 0 Å². The summed E-state index contributed by atoms with van der Waals surface area (Å²) in [5, 5.41) is 8.14. The molecular formula is C5H2N3. The molecule has 1 aromatic rings. The van der Waals surface area contributed by atoms with Gasteiger partial charge in [0.15, 0.2) is 0 Å². The average molecular weight is 104 g/mol. The van der Waals surface area contributed by atoms with E-state index in [1.54, 1.807) is 12.1 Å². The molecule has 0 spiro atoms. The van der Waals surface area contributed by atoms with Crippen LogP contribution in [0.25, 0.3) is 0 Å². The number of nitriles is 1. The van der Waals surface area contributed by atoms with Crippen molar-refractivity contribution in [3.8, 4) is 6.07 Å². The lowest BCUT2D eigenvalue weighted by molar-refractivity contribution is 1.11. The van der Waals surface area contributed by atoms with Gasteiger partial charge < -0.3 is 0 Å². The van der Waals surface area contributed by atoms with Crippen molar-refractivity contribution in [2.45, 2.75) is 0 Å². The molecule has 0 saturated heterocycles. The third-order valence-electron chi connectivity index (χ3n) is 0.616. The third-order valence-corrected chi connectivity index (χ3v) is 0.616. The van der Waals surface area contributed by atoms with Crippen molar-refractivity contribution < 1.29 is 0 Å².